The maximum atomic E-state index is 13.9. The number of halogens is 2. The summed E-state index contributed by atoms with van der Waals surface area (Å²) >= 11 is 12.2. The Hall–Kier alpha value is -3.14. The Labute approximate surface area is 231 Å². The normalized spacial score (nSPS) is 20.1. The summed E-state index contributed by atoms with van der Waals surface area (Å²) in [6.45, 7) is 3.38. The summed E-state index contributed by atoms with van der Waals surface area (Å²) in [5.41, 5.74) is 5.50. The predicted molar refractivity (Wildman–Crippen MR) is 146 cm³/mol. The third-order valence-electron chi connectivity index (χ3n) is 6.71. The molecule has 3 amide bonds. The Morgan fingerprint density at radius 3 is 2.47 bits per heavy atom. The number of carbonyl (C=O) groups is 3. The van der Waals surface area contributed by atoms with Crippen LogP contribution in [0.1, 0.15) is 25.8 Å². The number of hydrogen-bond acceptors (Lipinski definition) is 6. The molecule has 0 aliphatic carbocycles. The average molecular weight is 560 g/mol. The molecular formula is C27H31Cl2N5O4. The van der Waals surface area contributed by atoms with Gasteiger partial charge in [0.1, 0.15) is 23.8 Å². The van der Waals surface area contributed by atoms with Gasteiger partial charge in [0, 0.05) is 36.6 Å². The smallest absolute Gasteiger partial charge is 0.256 e. The molecule has 2 aromatic rings. The molecule has 11 heteroatoms. The summed E-state index contributed by atoms with van der Waals surface area (Å²) in [4.78, 5) is 41.7. The van der Waals surface area contributed by atoms with Crippen LogP contribution in [0.5, 0.6) is 5.75 Å². The highest BCUT2D eigenvalue weighted by molar-refractivity contribution is 6.34. The van der Waals surface area contributed by atoms with Crippen LogP contribution in [0.4, 0.5) is 0 Å². The van der Waals surface area contributed by atoms with Crippen molar-refractivity contribution in [3.63, 3.8) is 0 Å². The summed E-state index contributed by atoms with van der Waals surface area (Å²) in [6.07, 6.45) is 0.840. The van der Waals surface area contributed by atoms with Crippen molar-refractivity contribution < 1.29 is 19.1 Å². The molecule has 0 spiro atoms. The molecule has 2 aliphatic rings. The van der Waals surface area contributed by atoms with Gasteiger partial charge in [-0.15, -0.1) is 0 Å². The number of fused-ring (bicyclic) bond motifs is 1. The van der Waals surface area contributed by atoms with E-state index in [1.165, 1.54) is 5.01 Å². The Balaban J connectivity index is 1.59. The van der Waals surface area contributed by atoms with E-state index in [9.17, 15) is 14.4 Å². The van der Waals surface area contributed by atoms with Crippen molar-refractivity contribution in [2.45, 2.75) is 38.3 Å². The monoisotopic (exact) mass is 559 g/mol. The van der Waals surface area contributed by atoms with Gasteiger partial charge in [-0.1, -0.05) is 53.5 Å². The van der Waals surface area contributed by atoms with Gasteiger partial charge in [0.25, 0.3) is 5.91 Å². The number of carbonyl (C=O) groups excluding carboxylic acids is 3. The molecule has 2 aromatic carbocycles. The number of nitrogens with one attached hydrogen (secondary N) is 1. The lowest BCUT2D eigenvalue weighted by Gasteiger charge is -2.40. The fourth-order valence-corrected chi connectivity index (χ4v) is 5.25. The Morgan fingerprint density at radius 2 is 1.84 bits per heavy atom. The minimum absolute atomic E-state index is 0.129. The van der Waals surface area contributed by atoms with Gasteiger partial charge in [-0.25, -0.2) is 5.01 Å². The van der Waals surface area contributed by atoms with Crippen LogP contribution in [-0.4, -0.2) is 71.7 Å². The highest BCUT2D eigenvalue weighted by atomic mass is 35.5. The second-order valence-electron chi connectivity index (χ2n) is 10.3. The van der Waals surface area contributed by atoms with Gasteiger partial charge < -0.3 is 20.7 Å². The van der Waals surface area contributed by atoms with Crippen LogP contribution in [0.3, 0.4) is 0 Å². The third-order valence-corrected chi connectivity index (χ3v) is 7.14. The van der Waals surface area contributed by atoms with E-state index in [1.807, 2.05) is 30.3 Å². The van der Waals surface area contributed by atoms with Crippen LogP contribution in [0.25, 0.3) is 0 Å². The van der Waals surface area contributed by atoms with Crippen molar-refractivity contribution in [1.82, 2.24) is 15.2 Å². The number of hydrazone groups is 1. The van der Waals surface area contributed by atoms with Crippen LogP contribution in [0.15, 0.2) is 53.6 Å². The second kappa shape index (κ2) is 10.9. The summed E-state index contributed by atoms with van der Waals surface area (Å²) < 4.78 is 5.83. The molecule has 3 N–H and O–H groups in total. The Morgan fingerprint density at radius 1 is 1.18 bits per heavy atom. The van der Waals surface area contributed by atoms with Gasteiger partial charge in [-0.05, 0) is 44.0 Å². The van der Waals surface area contributed by atoms with E-state index in [0.29, 0.717) is 35.2 Å². The maximum Gasteiger partial charge on any atom is 0.256 e. The van der Waals surface area contributed by atoms with E-state index in [2.05, 4.69) is 10.4 Å². The zero-order valence-electron chi connectivity index (χ0n) is 21.5. The van der Waals surface area contributed by atoms with Gasteiger partial charge in [0.05, 0.1) is 11.3 Å². The molecule has 1 fully saturated rings. The minimum Gasteiger partial charge on any atom is -0.491 e. The highest BCUT2D eigenvalue weighted by Gasteiger charge is 2.54. The molecule has 202 valence electrons. The minimum atomic E-state index is -1.22. The maximum absolute atomic E-state index is 13.9. The van der Waals surface area contributed by atoms with Crippen LogP contribution in [-0.2, 0) is 20.8 Å². The SMILES string of the molecule is CN1N=C2CCN(C(=O)[C@@H](COc3cc(Cl)cc(Cl)c3)NC(=O)C(C)(C)N)C[C@@]2(Cc2ccccc2)C1=O. The van der Waals surface area contributed by atoms with E-state index in [-0.39, 0.29) is 25.0 Å². The van der Waals surface area contributed by atoms with Crippen LogP contribution in [0, 0.1) is 5.41 Å². The molecular weight excluding hydrogens is 529 g/mol. The molecule has 2 aliphatic heterocycles. The topological polar surface area (TPSA) is 117 Å². The number of hydrogen-bond donors (Lipinski definition) is 2. The summed E-state index contributed by atoms with van der Waals surface area (Å²) in [5, 5.41) is 9.32. The predicted octanol–water partition coefficient (Wildman–Crippen LogP) is 2.88. The van der Waals surface area contributed by atoms with E-state index in [4.69, 9.17) is 33.7 Å². The van der Waals surface area contributed by atoms with Crippen molar-refractivity contribution in [3.05, 3.63) is 64.1 Å². The van der Waals surface area contributed by atoms with Gasteiger partial charge in [-0.2, -0.15) is 5.10 Å². The first kappa shape index (κ1) is 27.9. The summed E-state index contributed by atoms with van der Waals surface area (Å²) in [5.74, 6) is -0.715. The van der Waals surface area contributed by atoms with Crippen LogP contribution >= 0.6 is 23.2 Å². The molecule has 0 radical (unpaired) electrons. The molecule has 0 aromatic heterocycles. The second-order valence-corrected chi connectivity index (χ2v) is 11.2. The van der Waals surface area contributed by atoms with Crippen LogP contribution in [0.2, 0.25) is 10.0 Å². The van der Waals surface area contributed by atoms with Crippen molar-refractivity contribution >= 4 is 46.6 Å². The quantitative estimate of drug-likeness (QED) is 0.515. The molecule has 0 bridgehead atoms. The Kier molecular flexibility index (Phi) is 8.01. The van der Waals surface area contributed by atoms with E-state index < -0.39 is 22.9 Å². The zero-order chi connectivity index (χ0) is 27.7. The fraction of sp³-hybridized carbons (Fsp3) is 0.407. The highest BCUT2D eigenvalue weighted by Crippen LogP contribution is 2.38. The first-order chi connectivity index (χ1) is 17.9. The molecule has 2 heterocycles. The first-order valence-corrected chi connectivity index (χ1v) is 13.0. The van der Waals surface area contributed by atoms with Gasteiger partial charge in [-0.3, -0.25) is 14.4 Å². The number of piperidine rings is 1. The van der Waals surface area contributed by atoms with E-state index in [0.717, 1.165) is 11.3 Å². The zero-order valence-corrected chi connectivity index (χ0v) is 23.1. The lowest BCUT2D eigenvalue weighted by Crippen LogP contribution is -2.62. The molecule has 9 nitrogen and oxygen atoms in total. The Bertz CT molecular complexity index is 1240. The molecule has 1 saturated heterocycles. The number of amides is 3. The van der Waals surface area contributed by atoms with Crippen molar-refractivity contribution in [2.24, 2.45) is 16.3 Å². The van der Waals surface area contributed by atoms with Crippen molar-refractivity contribution in [1.29, 1.82) is 0 Å². The van der Waals surface area contributed by atoms with Gasteiger partial charge >= 0.3 is 0 Å². The van der Waals surface area contributed by atoms with Gasteiger partial charge in [0.15, 0.2) is 0 Å². The largest absolute Gasteiger partial charge is 0.491 e. The number of nitrogens with zero attached hydrogens (tertiary/aromatic N) is 3. The number of rotatable bonds is 8. The number of benzene rings is 2. The number of ether oxygens (including phenoxy) is 1. The van der Waals surface area contributed by atoms with Gasteiger partial charge in [0.2, 0.25) is 11.8 Å². The number of nitrogens with two attached hydrogens (primary N) is 1. The van der Waals surface area contributed by atoms with E-state index >= 15 is 0 Å². The molecule has 2 atom stereocenters. The summed E-state index contributed by atoms with van der Waals surface area (Å²) in [7, 11) is 1.63. The van der Waals surface area contributed by atoms with E-state index in [1.54, 1.807) is 44.0 Å². The van der Waals surface area contributed by atoms with Crippen LogP contribution < -0.4 is 15.8 Å². The molecule has 0 unspecified atom stereocenters. The van der Waals surface area contributed by atoms with Crippen molar-refractivity contribution in [2.75, 3.05) is 26.7 Å². The van der Waals surface area contributed by atoms with Crippen molar-refractivity contribution in [3.8, 4) is 5.75 Å². The fourth-order valence-electron chi connectivity index (χ4n) is 4.75. The first-order valence-electron chi connectivity index (χ1n) is 12.3. The standard InChI is InChI=1S/C27H31Cl2N5O4/c1-26(2,30)24(36)31-21(15-38-20-12-18(28)11-19(29)13-20)23(35)34-10-9-22-27(16-34,25(37)33(3)32-22)14-17-7-5-4-6-8-17/h4-8,11-13,21H,9-10,14-16,30H2,1-3H3,(H,31,36)/t21-,27-/m1/s1. The number of likely N-dealkylation sites (tertiary alicyclic amines) is 1. The summed E-state index contributed by atoms with van der Waals surface area (Å²) in [6, 6.07) is 13.3. The lowest BCUT2D eigenvalue weighted by atomic mass is 9.73. The molecule has 0 saturated carbocycles. The molecule has 38 heavy (non-hydrogen) atoms. The average Bonchev–Trinajstić information content (AvgIpc) is 3.09. The lowest BCUT2D eigenvalue weighted by molar-refractivity contribution is -0.143. The third kappa shape index (κ3) is 5.95. The molecule has 4 rings (SSSR count).